The summed E-state index contributed by atoms with van der Waals surface area (Å²) in [5.74, 6) is 0.0284. The van der Waals surface area contributed by atoms with Crippen LogP contribution in [0.25, 0.3) is 0 Å². The number of nitrogens with zero attached hydrogens (tertiary/aromatic N) is 2. The molecule has 3 aromatic rings. The fourth-order valence-electron chi connectivity index (χ4n) is 3.15. The average Bonchev–Trinajstić information content (AvgIpc) is 3.25. The maximum atomic E-state index is 12.9. The molecule has 0 spiro atoms. The van der Waals surface area contributed by atoms with E-state index in [0.717, 1.165) is 22.7 Å². The Bertz CT molecular complexity index is 891. The predicted octanol–water partition coefficient (Wildman–Crippen LogP) is 4.47. The van der Waals surface area contributed by atoms with E-state index in [1.165, 1.54) is 5.56 Å². The van der Waals surface area contributed by atoms with Gasteiger partial charge < -0.3 is 10.2 Å². The van der Waals surface area contributed by atoms with Gasteiger partial charge in [-0.3, -0.25) is 9.78 Å². The molecule has 1 aliphatic rings. The molecule has 1 amide bonds. The van der Waals surface area contributed by atoms with Crippen molar-refractivity contribution in [2.45, 2.75) is 26.1 Å². The number of amides is 1. The molecular weight excluding hydrogens is 330 g/mol. The smallest absolute Gasteiger partial charge is 0.258 e. The minimum atomic E-state index is -0.252. The van der Waals surface area contributed by atoms with Crippen molar-refractivity contribution in [3.63, 3.8) is 0 Å². The maximum Gasteiger partial charge on any atom is 0.258 e. The summed E-state index contributed by atoms with van der Waals surface area (Å²) < 4.78 is 0. The van der Waals surface area contributed by atoms with E-state index in [1.807, 2.05) is 40.6 Å². The third-order valence-electron chi connectivity index (χ3n) is 4.45. The van der Waals surface area contributed by atoms with Crippen LogP contribution < -0.4 is 5.32 Å². The Balaban J connectivity index is 1.68. The van der Waals surface area contributed by atoms with E-state index in [0.29, 0.717) is 12.1 Å². The van der Waals surface area contributed by atoms with Crippen LogP contribution in [0, 0.1) is 0 Å². The van der Waals surface area contributed by atoms with Crippen molar-refractivity contribution >= 4 is 22.9 Å². The molecule has 0 saturated heterocycles. The van der Waals surface area contributed by atoms with Gasteiger partial charge in [-0.25, -0.2) is 0 Å². The summed E-state index contributed by atoms with van der Waals surface area (Å²) in [5.41, 5.74) is 3.75. The molecule has 1 aromatic carbocycles. The summed E-state index contributed by atoms with van der Waals surface area (Å²) in [7, 11) is 0. The first-order chi connectivity index (χ1) is 12.3. The Morgan fingerprint density at radius 3 is 2.92 bits per heavy atom. The van der Waals surface area contributed by atoms with Crippen LogP contribution in [-0.4, -0.2) is 15.8 Å². The number of thiophene rings is 1. The monoisotopic (exact) mass is 349 g/mol. The van der Waals surface area contributed by atoms with Crippen LogP contribution in [0.5, 0.6) is 0 Å². The molecule has 2 aromatic heterocycles. The van der Waals surface area contributed by atoms with E-state index in [4.69, 9.17) is 0 Å². The molecular formula is C20H19N3OS. The van der Waals surface area contributed by atoms with Gasteiger partial charge in [0.05, 0.1) is 17.8 Å². The number of benzene rings is 1. The average molecular weight is 349 g/mol. The zero-order valence-corrected chi connectivity index (χ0v) is 14.8. The number of nitrogens with one attached hydrogen (secondary N) is 1. The molecule has 0 radical (unpaired) electrons. The van der Waals surface area contributed by atoms with E-state index in [-0.39, 0.29) is 12.1 Å². The second-order valence-electron chi connectivity index (χ2n) is 6.05. The molecule has 25 heavy (non-hydrogen) atoms. The number of pyridine rings is 1. The van der Waals surface area contributed by atoms with Crippen LogP contribution in [0.3, 0.4) is 0 Å². The van der Waals surface area contributed by atoms with Gasteiger partial charge in [-0.05, 0) is 47.7 Å². The van der Waals surface area contributed by atoms with Gasteiger partial charge in [0.15, 0.2) is 0 Å². The third-order valence-corrected chi connectivity index (χ3v) is 5.31. The number of aromatic nitrogens is 1. The van der Waals surface area contributed by atoms with E-state index >= 15 is 0 Å². The number of fused-ring (bicyclic) bond motifs is 1. The van der Waals surface area contributed by atoms with Crippen molar-refractivity contribution in [2.24, 2.45) is 0 Å². The topological polar surface area (TPSA) is 45.2 Å². The van der Waals surface area contributed by atoms with E-state index in [2.05, 4.69) is 35.4 Å². The SMILES string of the molecule is CCc1cccc(NC2c3ncccc3C(=O)N2Cc2cccs2)c1. The van der Waals surface area contributed by atoms with Crippen molar-refractivity contribution < 1.29 is 4.79 Å². The van der Waals surface area contributed by atoms with Gasteiger partial charge in [-0.2, -0.15) is 0 Å². The first kappa shape index (κ1) is 15.8. The molecule has 1 atom stereocenters. The highest BCUT2D eigenvalue weighted by Gasteiger charge is 2.38. The Kier molecular flexibility index (Phi) is 4.24. The molecule has 1 N–H and O–H groups in total. The summed E-state index contributed by atoms with van der Waals surface area (Å²) in [6, 6.07) is 16.1. The second kappa shape index (κ2) is 6.69. The van der Waals surface area contributed by atoms with Gasteiger partial charge in [-0.15, -0.1) is 11.3 Å². The molecule has 1 aliphatic heterocycles. The molecule has 5 heteroatoms. The zero-order valence-electron chi connectivity index (χ0n) is 14.0. The molecule has 0 aliphatic carbocycles. The molecule has 0 bridgehead atoms. The first-order valence-corrected chi connectivity index (χ1v) is 9.28. The van der Waals surface area contributed by atoms with Crippen molar-refractivity contribution in [1.29, 1.82) is 0 Å². The number of hydrogen-bond acceptors (Lipinski definition) is 4. The van der Waals surface area contributed by atoms with Crippen LogP contribution in [0.1, 0.15) is 39.6 Å². The number of carbonyl (C=O) groups excluding carboxylic acids is 1. The van der Waals surface area contributed by atoms with E-state index in [9.17, 15) is 4.79 Å². The number of hydrogen-bond donors (Lipinski definition) is 1. The van der Waals surface area contributed by atoms with E-state index in [1.54, 1.807) is 17.5 Å². The summed E-state index contributed by atoms with van der Waals surface area (Å²) in [4.78, 5) is 20.4. The fraction of sp³-hybridized carbons (Fsp3) is 0.200. The Labute approximate surface area is 151 Å². The van der Waals surface area contributed by atoms with Crippen molar-refractivity contribution in [1.82, 2.24) is 9.88 Å². The van der Waals surface area contributed by atoms with Crippen molar-refractivity contribution in [2.75, 3.05) is 5.32 Å². The number of rotatable bonds is 5. The first-order valence-electron chi connectivity index (χ1n) is 8.40. The van der Waals surface area contributed by atoms with Crippen LogP contribution in [0.2, 0.25) is 0 Å². The highest BCUT2D eigenvalue weighted by atomic mass is 32.1. The molecule has 4 rings (SSSR count). The number of aryl methyl sites for hydroxylation is 1. The predicted molar refractivity (Wildman–Crippen MR) is 101 cm³/mol. The fourth-order valence-corrected chi connectivity index (χ4v) is 3.86. The maximum absolute atomic E-state index is 12.9. The summed E-state index contributed by atoms with van der Waals surface area (Å²) >= 11 is 1.66. The second-order valence-corrected chi connectivity index (χ2v) is 7.08. The van der Waals surface area contributed by atoms with Crippen molar-refractivity contribution in [3.8, 4) is 0 Å². The molecule has 0 saturated carbocycles. The summed E-state index contributed by atoms with van der Waals surface area (Å²) in [6.45, 7) is 2.72. The lowest BCUT2D eigenvalue weighted by Crippen LogP contribution is -2.31. The van der Waals surface area contributed by atoms with Crippen LogP contribution in [0.15, 0.2) is 60.1 Å². The van der Waals surface area contributed by atoms with Gasteiger partial charge in [-0.1, -0.05) is 25.1 Å². The number of carbonyl (C=O) groups is 1. The Morgan fingerprint density at radius 2 is 2.12 bits per heavy atom. The van der Waals surface area contributed by atoms with Crippen LogP contribution >= 0.6 is 11.3 Å². The van der Waals surface area contributed by atoms with Crippen LogP contribution in [0.4, 0.5) is 5.69 Å². The highest BCUT2D eigenvalue weighted by Crippen LogP contribution is 2.34. The third kappa shape index (κ3) is 3.03. The number of anilines is 1. The lowest BCUT2D eigenvalue weighted by atomic mass is 10.1. The molecule has 4 nitrogen and oxygen atoms in total. The Hall–Kier alpha value is -2.66. The normalized spacial score (nSPS) is 16.1. The highest BCUT2D eigenvalue weighted by molar-refractivity contribution is 7.09. The molecule has 3 heterocycles. The molecule has 1 unspecified atom stereocenters. The van der Waals surface area contributed by atoms with Gasteiger partial charge in [0.1, 0.15) is 6.17 Å². The zero-order chi connectivity index (χ0) is 17.2. The van der Waals surface area contributed by atoms with Crippen LogP contribution in [-0.2, 0) is 13.0 Å². The van der Waals surface area contributed by atoms with Gasteiger partial charge in [0.2, 0.25) is 0 Å². The Morgan fingerprint density at radius 1 is 1.20 bits per heavy atom. The standard InChI is InChI=1S/C20H19N3OS/c1-2-14-6-3-7-15(12-14)22-19-18-17(9-4-10-21-18)20(24)23(19)13-16-8-5-11-25-16/h3-12,19,22H,2,13H2,1H3. The summed E-state index contributed by atoms with van der Waals surface area (Å²) in [6.07, 6.45) is 2.48. The summed E-state index contributed by atoms with van der Waals surface area (Å²) in [5, 5.41) is 5.55. The molecule has 0 fully saturated rings. The van der Waals surface area contributed by atoms with Crippen molar-refractivity contribution in [3.05, 3.63) is 81.8 Å². The largest absolute Gasteiger partial charge is 0.360 e. The van der Waals surface area contributed by atoms with E-state index < -0.39 is 0 Å². The minimum absolute atomic E-state index is 0.0284. The lowest BCUT2D eigenvalue weighted by molar-refractivity contribution is 0.0729. The van der Waals surface area contributed by atoms with Gasteiger partial charge >= 0.3 is 0 Å². The molecule has 126 valence electrons. The lowest BCUT2D eigenvalue weighted by Gasteiger charge is -2.26. The quantitative estimate of drug-likeness (QED) is 0.739. The minimum Gasteiger partial charge on any atom is -0.360 e. The van der Waals surface area contributed by atoms with Gasteiger partial charge in [0.25, 0.3) is 5.91 Å². The van der Waals surface area contributed by atoms with Gasteiger partial charge in [0, 0.05) is 16.8 Å².